The third kappa shape index (κ3) is 2.61. The number of methoxy groups -OCH3 is 1. The smallest absolute Gasteiger partial charge is 0.229 e. The van der Waals surface area contributed by atoms with E-state index in [4.69, 9.17) is 4.74 Å². The maximum Gasteiger partial charge on any atom is 0.229 e. The van der Waals surface area contributed by atoms with Gasteiger partial charge in [-0.05, 0) is 24.6 Å². The quantitative estimate of drug-likeness (QED) is 0.859. The van der Waals surface area contributed by atoms with Crippen molar-refractivity contribution in [2.24, 2.45) is 11.8 Å². The van der Waals surface area contributed by atoms with E-state index in [9.17, 15) is 9.18 Å². The Morgan fingerprint density at radius 1 is 1.50 bits per heavy atom. The zero-order chi connectivity index (χ0) is 13.1. The largest absolute Gasteiger partial charge is 0.494 e. The zero-order valence-corrected chi connectivity index (χ0v) is 10.5. The van der Waals surface area contributed by atoms with E-state index >= 15 is 0 Å². The van der Waals surface area contributed by atoms with Crippen LogP contribution in [0, 0.1) is 17.7 Å². The summed E-state index contributed by atoms with van der Waals surface area (Å²) in [5.41, 5.74) is 0.456. The van der Waals surface area contributed by atoms with E-state index in [2.05, 4.69) is 10.6 Å². The first-order valence-electron chi connectivity index (χ1n) is 5.97. The summed E-state index contributed by atoms with van der Waals surface area (Å²) in [5, 5.41) is 5.90. The lowest BCUT2D eigenvalue weighted by molar-refractivity contribution is -0.120. The SMILES string of the molecule is COc1ccc(NC(=O)[C@@H]2CNC[C@H]2C)cc1F. The minimum absolute atomic E-state index is 0.0600. The van der Waals surface area contributed by atoms with Crippen molar-refractivity contribution in [2.45, 2.75) is 6.92 Å². The summed E-state index contributed by atoms with van der Waals surface area (Å²) < 4.78 is 18.3. The van der Waals surface area contributed by atoms with Crippen LogP contribution in [0.25, 0.3) is 0 Å². The van der Waals surface area contributed by atoms with E-state index in [-0.39, 0.29) is 17.6 Å². The molecule has 1 amide bonds. The molecular formula is C13H17FN2O2. The molecule has 1 aliphatic heterocycles. The van der Waals surface area contributed by atoms with Gasteiger partial charge in [-0.3, -0.25) is 4.79 Å². The summed E-state index contributed by atoms with van der Waals surface area (Å²) in [7, 11) is 1.41. The lowest BCUT2D eigenvalue weighted by Crippen LogP contribution is -2.27. The van der Waals surface area contributed by atoms with Crippen LogP contribution >= 0.6 is 0 Å². The van der Waals surface area contributed by atoms with Crippen molar-refractivity contribution in [2.75, 3.05) is 25.5 Å². The van der Waals surface area contributed by atoms with Crippen LogP contribution in [0.5, 0.6) is 5.75 Å². The molecule has 1 fully saturated rings. The Hall–Kier alpha value is -1.62. The number of amides is 1. The summed E-state index contributed by atoms with van der Waals surface area (Å²) in [6, 6.07) is 4.40. The summed E-state index contributed by atoms with van der Waals surface area (Å²) in [4.78, 5) is 12.0. The van der Waals surface area contributed by atoms with E-state index in [0.717, 1.165) is 6.54 Å². The standard InChI is InChI=1S/C13H17FN2O2/c1-8-6-15-7-10(8)13(17)16-9-3-4-12(18-2)11(14)5-9/h3-5,8,10,15H,6-7H2,1-2H3,(H,16,17)/t8-,10-/m1/s1. The van der Waals surface area contributed by atoms with Crippen molar-refractivity contribution >= 4 is 11.6 Å². The normalized spacial score (nSPS) is 22.8. The van der Waals surface area contributed by atoms with E-state index in [1.54, 1.807) is 6.07 Å². The second kappa shape index (κ2) is 5.35. The van der Waals surface area contributed by atoms with Gasteiger partial charge in [0.1, 0.15) is 0 Å². The van der Waals surface area contributed by atoms with Crippen molar-refractivity contribution in [1.82, 2.24) is 5.32 Å². The first-order valence-corrected chi connectivity index (χ1v) is 5.97. The number of rotatable bonds is 3. The number of carbonyl (C=O) groups is 1. The molecule has 1 heterocycles. The highest BCUT2D eigenvalue weighted by Gasteiger charge is 2.29. The Morgan fingerprint density at radius 3 is 2.83 bits per heavy atom. The fourth-order valence-corrected chi connectivity index (χ4v) is 2.14. The number of carbonyl (C=O) groups excluding carboxylic acids is 1. The topological polar surface area (TPSA) is 50.4 Å². The summed E-state index contributed by atoms with van der Waals surface area (Å²) in [5.74, 6) is -0.142. The van der Waals surface area contributed by atoms with Crippen molar-refractivity contribution < 1.29 is 13.9 Å². The predicted octanol–water partition coefficient (Wildman–Crippen LogP) is 1.63. The summed E-state index contributed by atoms with van der Waals surface area (Å²) in [6.45, 7) is 3.54. The molecule has 1 aromatic rings. The molecule has 2 rings (SSSR count). The fourth-order valence-electron chi connectivity index (χ4n) is 2.14. The molecular weight excluding hydrogens is 235 g/mol. The molecule has 1 saturated heterocycles. The zero-order valence-electron chi connectivity index (χ0n) is 10.5. The molecule has 2 N–H and O–H groups in total. The molecule has 1 aromatic carbocycles. The molecule has 0 spiro atoms. The average molecular weight is 252 g/mol. The number of nitrogens with one attached hydrogen (secondary N) is 2. The number of benzene rings is 1. The van der Waals surface area contributed by atoms with Gasteiger partial charge in [-0.2, -0.15) is 0 Å². The Kier molecular flexibility index (Phi) is 3.81. The minimum Gasteiger partial charge on any atom is -0.494 e. The molecule has 0 radical (unpaired) electrons. The average Bonchev–Trinajstić information content (AvgIpc) is 2.76. The van der Waals surface area contributed by atoms with Crippen LogP contribution in [0.4, 0.5) is 10.1 Å². The maximum atomic E-state index is 13.5. The fraction of sp³-hybridized carbons (Fsp3) is 0.462. The van der Waals surface area contributed by atoms with Crippen molar-refractivity contribution in [3.8, 4) is 5.75 Å². The first kappa shape index (κ1) is 12.8. The number of hydrogen-bond donors (Lipinski definition) is 2. The third-order valence-electron chi connectivity index (χ3n) is 3.27. The van der Waals surface area contributed by atoms with Crippen LogP contribution < -0.4 is 15.4 Å². The second-order valence-corrected chi connectivity index (χ2v) is 4.58. The van der Waals surface area contributed by atoms with Gasteiger partial charge in [0, 0.05) is 18.3 Å². The Labute approximate surface area is 106 Å². The molecule has 4 nitrogen and oxygen atoms in total. The highest BCUT2D eigenvalue weighted by atomic mass is 19.1. The molecule has 0 bridgehead atoms. The molecule has 0 aromatic heterocycles. The van der Waals surface area contributed by atoms with Gasteiger partial charge in [0.05, 0.1) is 13.0 Å². The number of anilines is 1. The lowest BCUT2D eigenvalue weighted by Gasteiger charge is -2.14. The van der Waals surface area contributed by atoms with Gasteiger partial charge in [-0.15, -0.1) is 0 Å². The van der Waals surface area contributed by atoms with Gasteiger partial charge in [-0.1, -0.05) is 6.92 Å². The second-order valence-electron chi connectivity index (χ2n) is 4.58. The van der Waals surface area contributed by atoms with Gasteiger partial charge in [-0.25, -0.2) is 4.39 Å². The monoisotopic (exact) mass is 252 g/mol. The van der Waals surface area contributed by atoms with E-state index in [1.165, 1.54) is 19.2 Å². The van der Waals surface area contributed by atoms with Crippen LogP contribution in [0.1, 0.15) is 6.92 Å². The van der Waals surface area contributed by atoms with E-state index in [1.807, 2.05) is 6.92 Å². The Balaban J connectivity index is 2.05. The van der Waals surface area contributed by atoms with Crippen LogP contribution in [-0.4, -0.2) is 26.1 Å². The summed E-state index contributed by atoms with van der Waals surface area (Å²) in [6.07, 6.45) is 0. The van der Waals surface area contributed by atoms with E-state index in [0.29, 0.717) is 18.2 Å². The first-order chi connectivity index (χ1) is 8.61. The van der Waals surface area contributed by atoms with Crippen LogP contribution in [-0.2, 0) is 4.79 Å². The van der Waals surface area contributed by atoms with Gasteiger partial charge in [0.2, 0.25) is 5.91 Å². The van der Waals surface area contributed by atoms with Gasteiger partial charge in [0.25, 0.3) is 0 Å². The molecule has 1 aliphatic rings. The van der Waals surface area contributed by atoms with E-state index < -0.39 is 5.82 Å². The maximum absolute atomic E-state index is 13.5. The van der Waals surface area contributed by atoms with Gasteiger partial charge >= 0.3 is 0 Å². The molecule has 2 atom stereocenters. The van der Waals surface area contributed by atoms with Crippen molar-refractivity contribution in [3.05, 3.63) is 24.0 Å². The Morgan fingerprint density at radius 2 is 2.28 bits per heavy atom. The lowest BCUT2D eigenvalue weighted by atomic mass is 9.97. The Bertz CT molecular complexity index is 451. The molecule has 0 unspecified atom stereocenters. The van der Waals surface area contributed by atoms with Crippen LogP contribution in [0.15, 0.2) is 18.2 Å². The van der Waals surface area contributed by atoms with Crippen molar-refractivity contribution in [3.63, 3.8) is 0 Å². The number of halogens is 1. The third-order valence-corrected chi connectivity index (χ3v) is 3.27. The minimum atomic E-state index is -0.479. The highest BCUT2D eigenvalue weighted by Crippen LogP contribution is 2.22. The van der Waals surface area contributed by atoms with Crippen LogP contribution in [0.3, 0.4) is 0 Å². The molecule has 0 saturated carbocycles. The van der Waals surface area contributed by atoms with Crippen LogP contribution in [0.2, 0.25) is 0 Å². The molecule has 0 aliphatic carbocycles. The number of hydrogen-bond acceptors (Lipinski definition) is 3. The van der Waals surface area contributed by atoms with Crippen molar-refractivity contribution in [1.29, 1.82) is 0 Å². The number of ether oxygens (including phenoxy) is 1. The van der Waals surface area contributed by atoms with Gasteiger partial charge < -0.3 is 15.4 Å². The molecule has 98 valence electrons. The molecule has 18 heavy (non-hydrogen) atoms. The highest BCUT2D eigenvalue weighted by molar-refractivity contribution is 5.93. The molecule has 5 heteroatoms. The predicted molar refractivity (Wildman–Crippen MR) is 67.1 cm³/mol. The summed E-state index contributed by atoms with van der Waals surface area (Å²) >= 11 is 0. The van der Waals surface area contributed by atoms with Gasteiger partial charge in [0.15, 0.2) is 11.6 Å².